The van der Waals surface area contributed by atoms with Gasteiger partial charge in [0, 0.05) is 18.5 Å². The molecule has 0 spiro atoms. The Kier molecular flexibility index (Phi) is 6.88. The highest BCUT2D eigenvalue weighted by Gasteiger charge is 2.32. The Balaban J connectivity index is 4.78. The van der Waals surface area contributed by atoms with Gasteiger partial charge in [-0.05, 0) is 53.2 Å². The normalized spacial score (nSPS) is 12.7. The standard InChI is InChI=1S/C16H32N2O2/c1-15(2,3)12-13(19)14(20)18(16(4,5)6)11-9-10-17(7)8/h9-12H2,1-8H3. The maximum atomic E-state index is 12.4. The molecular formula is C16H32N2O2. The quantitative estimate of drug-likeness (QED) is 0.704. The van der Waals surface area contributed by atoms with Gasteiger partial charge in [0.2, 0.25) is 5.78 Å². The van der Waals surface area contributed by atoms with Crippen LogP contribution in [0.1, 0.15) is 54.4 Å². The summed E-state index contributed by atoms with van der Waals surface area (Å²) >= 11 is 0. The lowest BCUT2D eigenvalue weighted by Gasteiger charge is -2.36. The van der Waals surface area contributed by atoms with E-state index in [0.29, 0.717) is 13.0 Å². The fourth-order valence-corrected chi connectivity index (χ4v) is 1.99. The minimum Gasteiger partial charge on any atom is -0.331 e. The van der Waals surface area contributed by atoms with Crippen molar-refractivity contribution in [3.05, 3.63) is 0 Å². The van der Waals surface area contributed by atoms with E-state index in [9.17, 15) is 9.59 Å². The maximum absolute atomic E-state index is 12.4. The molecule has 0 atom stereocenters. The molecule has 0 fully saturated rings. The van der Waals surface area contributed by atoms with Gasteiger partial charge in [0.1, 0.15) is 0 Å². The molecule has 0 saturated heterocycles. The van der Waals surface area contributed by atoms with Crippen molar-refractivity contribution in [1.29, 1.82) is 0 Å². The molecule has 4 heteroatoms. The lowest BCUT2D eigenvalue weighted by atomic mass is 9.89. The predicted molar refractivity (Wildman–Crippen MR) is 83.7 cm³/mol. The first kappa shape index (κ1) is 19.1. The van der Waals surface area contributed by atoms with Gasteiger partial charge in [-0.25, -0.2) is 0 Å². The van der Waals surface area contributed by atoms with Crippen LogP contribution in [0, 0.1) is 5.41 Å². The second-order valence-corrected chi connectivity index (χ2v) is 7.95. The summed E-state index contributed by atoms with van der Waals surface area (Å²) in [5, 5.41) is 0. The average molecular weight is 284 g/mol. The molecule has 0 rings (SSSR count). The highest BCUT2D eigenvalue weighted by atomic mass is 16.2. The van der Waals surface area contributed by atoms with Crippen molar-refractivity contribution in [2.75, 3.05) is 27.2 Å². The summed E-state index contributed by atoms with van der Waals surface area (Å²) < 4.78 is 0. The van der Waals surface area contributed by atoms with Gasteiger partial charge in [0.15, 0.2) is 0 Å². The summed E-state index contributed by atoms with van der Waals surface area (Å²) in [6.07, 6.45) is 1.17. The Morgan fingerprint density at radius 1 is 0.900 bits per heavy atom. The third-order valence-electron chi connectivity index (χ3n) is 2.97. The molecule has 1 amide bonds. The van der Waals surface area contributed by atoms with Crippen LogP contribution in [0.3, 0.4) is 0 Å². The Bertz CT molecular complexity index is 335. The van der Waals surface area contributed by atoms with E-state index in [4.69, 9.17) is 0 Å². The van der Waals surface area contributed by atoms with Crippen molar-refractivity contribution < 1.29 is 9.59 Å². The zero-order valence-electron chi connectivity index (χ0n) is 14.5. The van der Waals surface area contributed by atoms with Gasteiger partial charge >= 0.3 is 0 Å². The molecule has 0 aliphatic rings. The molecule has 0 aliphatic carbocycles. The first-order valence-corrected chi connectivity index (χ1v) is 7.34. The van der Waals surface area contributed by atoms with Gasteiger partial charge in [-0.1, -0.05) is 20.8 Å². The summed E-state index contributed by atoms with van der Waals surface area (Å²) in [5.74, 6) is -0.622. The van der Waals surface area contributed by atoms with E-state index in [1.807, 2.05) is 55.6 Å². The van der Waals surface area contributed by atoms with E-state index in [0.717, 1.165) is 13.0 Å². The first-order valence-electron chi connectivity index (χ1n) is 7.34. The molecule has 20 heavy (non-hydrogen) atoms. The largest absolute Gasteiger partial charge is 0.331 e. The number of rotatable bonds is 6. The number of carbonyl (C=O) groups excluding carboxylic acids is 2. The molecule has 0 N–H and O–H groups in total. The second kappa shape index (κ2) is 7.21. The molecule has 0 saturated carbocycles. The zero-order chi connectivity index (χ0) is 16.1. The molecule has 0 heterocycles. The van der Waals surface area contributed by atoms with E-state index in [1.54, 1.807) is 4.90 Å². The van der Waals surface area contributed by atoms with Gasteiger partial charge in [-0.2, -0.15) is 0 Å². The van der Waals surface area contributed by atoms with E-state index in [2.05, 4.69) is 4.90 Å². The Morgan fingerprint density at radius 3 is 1.75 bits per heavy atom. The van der Waals surface area contributed by atoms with Crippen molar-refractivity contribution in [2.45, 2.75) is 59.9 Å². The number of nitrogens with zero attached hydrogens (tertiary/aromatic N) is 2. The van der Waals surface area contributed by atoms with Gasteiger partial charge in [-0.3, -0.25) is 9.59 Å². The molecule has 0 aromatic carbocycles. The monoisotopic (exact) mass is 284 g/mol. The molecular weight excluding hydrogens is 252 g/mol. The molecule has 0 aliphatic heterocycles. The number of hydrogen-bond acceptors (Lipinski definition) is 3. The highest BCUT2D eigenvalue weighted by molar-refractivity contribution is 6.36. The van der Waals surface area contributed by atoms with Gasteiger partial charge < -0.3 is 9.80 Å². The summed E-state index contributed by atoms with van der Waals surface area (Å²) in [6, 6.07) is 0. The molecule has 0 aromatic rings. The Labute approximate surface area is 124 Å². The molecule has 0 radical (unpaired) electrons. The summed E-state index contributed by atoms with van der Waals surface area (Å²) in [5.41, 5.74) is -0.475. The lowest BCUT2D eigenvalue weighted by Crippen LogP contribution is -2.49. The summed E-state index contributed by atoms with van der Waals surface area (Å²) in [4.78, 5) is 28.3. The van der Waals surface area contributed by atoms with E-state index < -0.39 is 0 Å². The third-order valence-corrected chi connectivity index (χ3v) is 2.97. The van der Waals surface area contributed by atoms with E-state index in [1.165, 1.54) is 0 Å². The van der Waals surface area contributed by atoms with Gasteiger partial charge in [-0.15, -0.1) is 0 Å². The minimum atomic E-state index is -0.341. The zero-order valence-corrected chi connectivity index (χ0v) is 14.5. The first-order chi connectivity index (χ1) is 8.84. The van der Waals surface area contributed by atoms with Crippen molar-refractivity contribution >= 4 is 11.7 Å². The third kappa shape index (κ3) is 7.63. The predicted octanol–water partition coefficient (Wildman–Crippen LogP) is 2.57. The van der Waals surface area contributed by atoms with Crippen LogP contribution < -0.4 is 0 Å². The van der Waals surface area contributed by atoms with Crippen molar-refractivity contribution in [2.24, 2.45) is 5.41 Å². The van der Waals surface area contributed by atoms with Crippen molar-refractivity contribution in [1.82, 2.24) is 9.80 Å². The minimum absolute atomic E-state index is 0.153. The smallest absolute Gasteiger partial charge is 0.290 e. The van der Waals surface area contributed by atoms with Crippen LogP contribution in [0.5, 0.6) is 0 Å². The van der Waals surface area contributed by atoms with Crippen LogP contribution in [-0.4, -0.2) is 54.2 Å². The number of Topliss-reactive ketones (excluding diaryl/α,β-unsaturated/α-hetero) is 1. The van der Waals surface area contributed by atoms with E-state index in [-0.39, 0.29) is 22.6 Å². The van der Waals surface area contributed by atoms with Gasteiger partial charge in [0.25, 0.3) is 5.91 Å². The Morgan fingerprint density at radius 2 is 1.40 bits per heavy atom. The number of hydrogen-bond donors (Lipinski definition) is 0. The van der Waals surface area contributed by atoms with Gasteiger partial charge in [0.05, 0.1) is 0 Å². The van der Waals surface area contributed by atoms with Crippen LogP contribution in [0.15, 0.2) is 0 Å². The average Bonchev–Trinajstić information content (AvgIpc) is 2.18. The van der Waals surface area contributed by atoms with Crippen LogP contribution >= 0.6 is 0 Å². The SMILES string of the molecule is CN(C)CCCN(C(=O)C(=O)CC(C)(C)C)C(C)(C)C. The van der Waals surface area contributed by atoms with Crippen LogP contribution in [0.2, 0.25) is 0 Å². The highest BCUT2D eigenvalue weighted by Crippen LogP contribution is 2.21. The van der Waals surface area contributed by atoms with E-state index >= 15 is 0 Å². The van der Waals surface area contributed by atoms with Crippen LogP contribution in [0.4, 0.5) is 0 Å². The number of ketones is 1. The fraction of sp³-hybridized carbons (Fsp3) is 0.875. The van der Waals surface area contributed by atoms with Crippen molar-refractivity contribution in [3.63, 3.8) is 0 Å². The van der Waals surface area contributed by atoms with Crippen molar-refractivity contribution in [3.8, 4) is 0 Å². The maximum Gasteiger partial charge on any atom is 0.290 e. The number of amides is 1. The molecule has 0 aromatic heterocycles. The lowest BCUT2D eigenvalue weighted by molar-refractivity contribution is -0.149. The fourth-order valence-electron chi connectivity index (χ4n) is 1.99. The summed E-state index contributed by atoms with van der Waals surface area (Å²) in [6.45, 7) is 13.4. The molecule has 0 bridgehead atoms. The topological polar surface area (TPSA) is 40.6 Å². The second-order valence-electron chi connectivity index (χ2n) is 7.95. The molecule has 0 unspecified atom stereocenters. The molecule has 4 nitrogen and oxygen atoms in total. The Hall–Kier alpha value is -0.900. The summed E-state index contributed by atoms with van der Waals surface area (Å²) in [7, 11) is 4.02. The number of carbonyl (C=O) groups is 2. The molecule has 118 valence electrons. The van der Waals surface area contributed by atoms with Crippen LogP contribution in [-0.2, 0) is 9.59 Å². The van der Waals surface area contributed by atoms with Crippen LogP contribution in [0.25, 0.3) is 0 Å².